The van der Waals surface area contributed by atoms with Crippen molar-refractivity contribution in [1.82, 2.24) is 0 Å². The number of hydrogen-bond donors (Lipinski definition) is 3. The molecule has 0 aromatic rings. The molecule has 38 atom stereocenters. The molecule has 1 unspecified atom stereocenters. The van der Waals surface area contributed by atoms with Crippen LogP contribution >= 0.6 is 0 Å². The van der Waals surface area contributed by atoms with Crippen molar-refractivity contribution in [2.24, 2.45) is 73.8 Å². The molecule has 6 aliphatic heterocycles. The highest BCUT2D eigenvalue weighted by molar-refractivity contribution is 5.69. The Morgan fingerprint density at radius 2 is 0.611 bits per heavy atom. The maximum Gasteiger partial charge on any atom is 0.303 e. The topological polar surface area (TPSA) is 915 Å². The normalized spacial score (nSPS) is 37.1. The number of halogens is 2. The second-order valence-corrected chi connectivity index (χ2v) is 29.7. The van der Waals surface area contributed by atoms with E-state index in [1.165, 1.54) is 13.8 Å². The quantitative estimate of drug-likeness (QED) is 0.0178. The second-order valence-electron chi connectivity index (χ2n) is 29.7. The molecule has 8 rings (SSSR count). The first-order chi connectivity index (χ1) is 62.4. The van der Waals surface area contributed by atoms with Crippen molar-refractivity contribution in [2.75, 3.05) is 26.2 Å². The number of carbonyl (C=O) groups excluding carboxylic acids is 8. The lowest BCUT2D eigenvalue weighted by Crippen LogP contribution is -2.65. The highest BCUT2D eigenvalue weighted by Crippen LogP contribution is 2.44. The molecule has 2 aliphatic carbocycles. The van der Waals surface area contributed by atoms with Crippen molar-refractivity contribution in [1.29, 1.82) is 0 Å². The number of alkyl halides is 2. The zero-order valence-electron chi connectivity index (χ0n) is 71.6. The van der Waals surface area contributed by atoms with Crippen LogP contribution in [-0.4, -0.2) is 305 Å². The number of hydrogen-bond acceptors (Lipinski definition) is 41. The first kappa shape index (κ1) is 107. The third-order valence-electron chi connectivity index (χ3n) is 21.0. The van der Waals surface area contributed by atoms with Crippen LogP contribution in [0.3, 0.4) is 0 Å². The fraction of sp³-hybridized carbons (Fsp3) is 0.879. The average Bonchev–Trinajstić information content (AvgIpc) is 1.76. The standard InChI is InChI=1S/C33H47FN16O14.C18H26N6O10.C15H21FN12O5/c1-7-18-26(63-31-22(35)28(57-14(5)53)27(56-13(4)52)20(61-31)10-42-47-37)30(58-15(6)54)33(59-18)64-29-24(55-12(3)51)16(43-48-38)8-17(44-49-39)25(29)62-32-23(45-50-40)21(34)11(2)19(60-32)9-41-46-36;1-5-10-13(16(17(28)32-10)31-9(4)27)34-18-12(22-24-20)15(30-8(3)26)14(29-7(2)25)11(33-18)6-21-23-19;1-5-9(4-21-25-17)32-15(11(10(5)16)24-28-20)33-14-8(23-27-19)3-7(22-26-18)13(12(14)30)31-6(2)29/h11,16-33H,7-10,35H2,1-6H3;10-18,28H,5-6H2,1-4H3;5,7-15,30H,3-4H2,1-2H3/t11-,16-,17+,18-,19-,20+,21-,22-,23-,24+,25-,26-,27-,28-,29-,30-,31-,32-,33+;10-,11+,12-,13-,14-,15-,16-,17?,18-;5-,7-,8+,9-,10-,11-,12-,13+,14-,15-/m111/s1. The van der Waals surface area contributed by atoms with Gasteiger partial charge in [-0.1, -0.05) is 84.0 Å². The van der Waals surface area contributed by atoms with Gasteiger partial charge in [0.05, 0.1) is 93.0 Å². The monoisotopic (exact) mass is 1860 g/mol. The van der Waals surface area contributed by atoms with E-state index < -0.39 is 287 Å². The van der Waals surface area contributed by atoms with Gasteiger partial charge in [0.15, 0.2) is 74.4 Å². The van der Waals surface area contributed by atoms with Gasteiger partial charge in [0.2, 0.25) is 0 Å². The minimum Gasteiger partial charge on any atom is -0.459 e. The molecule has 8 fully saturated rings. The van der Waals surface area contributed by atoms with E-state index in [1.807, 2.05) is 0 Å². The van der Waals surface area contributed by atoms with Gasteiger partial charge in [0.1, 0.15) is 79.3 Å². The number of ether oxygens (including phenoxy) is 19. The van der Waals surface area contributed by atoms with Crippen LogP contribution in [0.15, 0.2) is 56.3 Å². The molecule has 6 heterocycles. The molecular weight excluding hydrogens is 1770 g/mol. The van der Waals surface area contributed by atoms with Gasteiger partial charge >= 0.3 is 47.8 Å². The Labute approximate surface area is 737 Å². The SMILES string of the molecule is CC(=O)O[C@@H]1[C@@H](O)[C@H](O[C@H]2O[C@H](CN=[N+]=[N-])[C@@H](C)[C@@H](F)[C@H]2N=[N+]=[N-])[C@@H](N=[N+]=[N-])C[C@H]1N=[N+]=[N-].CC[C@H]1OC(O)[C@H](OC(C)=O)[C@@H]1O[C@H]1O[C@@H](CN=[N+]=[N-])[C@@H](OC(C)=O)[C@H](OC(C)=O)[C@H]1N=[N+]=[N-].CC[C@H]1O[C@@H](O[C@@H]2[C@@H](OC(C)=O)[C@H](N=[N+]=[N-])C[C@H](N=[N+]=[N-])[C@H]2O[C@H]2O[C@H](CN=[N+]=[N-])[C@@H](C)[C@@H](F)[C@H]2N=[N+]=[N-])[C@H](OC(C)=O)[C@@H]1O[C@H]1O[C@@H](CN=[N+]=[N-])[C@@H](OC(C)=O)[C@H](OC(C)=O)[C@H]1N. The van der Waals surface area contributed by atoms with Crippen molar-refractivity contribution in [2.45, 2.75) is 329 Å². The van der Waals surface area contributed by atoms with Gasteiger partial charge in [0, 0.05) is 121 Å². The van der Waals surface area contributed by atoms with Crippen molar-refractivity contribution in [3.8, 4) is 0 Å². The third-order valence-corrected chi connectivity index (χ3v) is 21.0. The second kappa shape index (κ2) is 52.3. The number of esters is 8. The zero-order chi connectivity index (χ0) is 97.2. The molecule has 6 saturated heterocycles. The summed E-state index contributed by atoms with van der Waals surface area (Å²) >= 11 is 0. The molecule has 716 valence electrons. The number of nitrogens with two attached hydrogens (primary N) is 1. The fourth-order valence-corrected chi connectivity index (χ4v) is 15.5. The number of rotatable bonds is 35. The zero-order valence-corrected chi connectivity index (χ0v) is 71.6. The van der Waals surface area contributed by atoms with E-state index in [2.05, 4.69) is 110 Å². The largest absolute Gasteiger partial charge is 0.459 e. The van der Waals surface area contributed by atoms with Crippen LogP contribution in [-0.2, 0) is 128 Å². The van der Waals surface area contributed by atoms with Crippen molar-refractivity contribution >= 4 is 47.8 Å². The molecule has 0 amide bonds. The first-order valence-corrected chi connectivity index (χ1v) is 39.7. The molecule has 131 heavy (non-hydrogen) atoms. The third kappa shape index (κ3) is 29.0. The summed E-state index contributed by atoms with van der Waals surface area (Å²) in [7, 11) is 0. The van der Waals surface area contributed by atoms with E-state index in [0.29, 0.717) is 6.42 Å². The van der Waals surface area contributed by atoms with Crippen LogP contribution in [0.2, 0.25) is 0 Å². The van der Waals surface area contributed by atoms with E-state index in [0.717, 1.165) is 55.4 Å². The van der Waals surface area contributed by atoms with E-state index >= 15 is 8.78 Å². The Balaban J connectivity index is 0.000000332. The van der Waals surface area contributed by atoms with Gasteiger partial charge in [-0.25, -0.2) is 8.78 Å². The summed E-state index contributed by atoms with van der Waals surface area (Å²) in [5.41, 5.74) is 106. The minimum absolute atomic E-state index is 0.100. The summed E-state index contributed by atoms with van der Waals surface area (Å²) in [5, 5.41) is 60.0. The number of nitrogens with zero attached hydrogens (tertiary/aromatic N) is 33. The molecule has 2 saturated carbocycles. The number of azide groups is 11. The Bertz CT molecular complexity index is 4560. The predicted octanol–water partition coefficient (Wildman–Crippen LogP) is 7.94. The fourth-order valence-electron chi connectivity index (χ4n) is 15.5. The van der Waals surface area contributed by atoms with Crippen LogP contribution in [0.5, 0.6) is 0 Å². The van der Waals surface area contributed by atoms with Crippen molar-refractivity contribution in [3.63, 3.8) is 0 Å². The number of aliphatic hydroxyl groups is 2. The summed E-state index contributed by atoms with van der Waals surface area (Å²) in [5.74, 6) is -8.34. The molecule has 63 nitrogen and oxygen atoms in total. The Morgan fingerprint density at radius 1 is 0.321 bits per heavy atom. The molecule has 8 aliphatic rings. The summed E-state index contributed by atoms with van der Waals surface area (Å²) < 4.78 is 140. The van der Waals surface area contributed by atoms with E-state index in [-0.39, 0.29) is 38.9 Å². The highest BCUT2D eigenvalue weighted by atomic mass is 19.1. The lowest BCUT2D eigenvalue weighted by Gasteiger charge is -2.47. The Hall–Kier alpha value is -12.5. The minimum atomic E-state index is -1.95. The van der Waals surface area contributed by atoms with Crippen LogP contribution in [0.4, 0.5) is 8.78 Å². The van der Waals surface area contributed by atoms with Crippen LogP contribution < -0.4 is 5.73 Å². The lowest BCUT2D eigenvalue weighted by atomic mass is 9.83. The summed E-state index contributed by atoms with van der Waals surface area (Å²) in [6.45, 7) is 13.5. The molecule has 65 heteroatoms. The van der Waals surface area contributed by atoms with Crippen molar-refractivity contribution in [3.05, 3.63) is 115 Å². The summed E-state index contributed by atoms with van der Waals surface area (Å²) in [6.07, 6.45) is -40.1. The molecule has 4 N–H and O–H groups in total. The number of carbonyl (C=O) groups is 8. The molecule has 0 radical (unpaired) electrons. The molecule has 0 bridgehead atoms. The summed E-state index contributed by atoms with van der Waals surface area (Å²) in [6, 6.07) is -11.0. The van der Waals surface area contributed by atoms with Gasteiger partial charge in [-0.05, 0) is 86.5 Å². The first-order valence-electron chi connectivity index (χ1n) is 39.7. The van der Waals surface area contributed by atoms with Gasteiger partial charge in [-0.3, -0.25) is 38.4 Å². The average molecular weight is 1870 g/mol. The Morgan fingerprint density at radius 3 is 1.04 bits per heavy atom. The predicted molar refractivity (Wildman–Crippen MR) is 421 cm³/mol. The Kier molecular flexibility index (Phi) is 42.9. The number of aliphatic hydroxyl groups excluding tert-OH is 2. The smallest absolute Gasteiger partial charge is 0.303 e. The van der Waals surface area contributed by atoms with Crippen molar-refractivity contribution < 1.29 is 147 Å². The molecular formula is C66H94F2N34O29. The highest BCUT2D eigenvalue weighted by Gasteiger charge is 2.61. The van der Waals surface area contributed by atoms with Crippen LogP contribution in [0.1, 0.15) is 109 Å². The van der Waals surface area contributed by atoms with Crippen LogP contribution in [0, 0.1) is 11.8 Å². The van der Waals surface area contributed by atoms with E-state index in [9.17, 15) is 65.2 Å². The molecule has 0 spiro atoms. The van der Waals surface area contributed by atoms with E-state index in [1.54, 1.807) is 13.8 Å². The van der Waals surface area contributed by atoms with Gasteiger partial charge in [-0.15, -0.1) is 0 Å². The maximum absolute atomic E-state index is 16.0. The maximum atomic E-state index is 16.0. The lowest BCUT2D eigenvalue weighted by molar-refractivity contribution is -0.299. The van der Waals surface area contributed by atoms with Gasteiger partial charge in [-0.2, -0.15) is 0 Å². The van der Waals surface area contributed by atoms with Gasteiger partial charge in [0.25, 0.3) is 0 Å². The van der Waals surface area contributed by atoms with E-state index in [4.69, 9.17) is 140 Å². The van der Waals surface area contributed by atoms with Gasteiger partial charge < -0.3 is 106 Å². The van der Waals surface area contributed by atoms with Crippen LogP contribution in [0.25, 0.3) is 115 Å². The molecule has 0 aromatic carbocycles. The summed E-state index contributed by atoms with van der Waals surface area (Å²) in [4.78, 5) is 126. The molecule has 0 aromatic heterocycles.